The van der Waals surface area contributed by atoms with Gasteiger partial charge >= 0.3 is 6.03 Å². The second-order valence-corrected chi connectivity index (χ2v) is 6.64. The first kappa shape index (κ1) is 17.7. The van der Waals surface area contributed by atoms with Crippen molar-refractivity contribution in [3.63, 3.8) is 0 Å². The normalized spacial score (nSPS) is 11.2. The number of hydrogen-bond acceptors (Lipinski definition) is 4. The van der Waals surface area contributed by atoms with E-state index in [2.05, 4.69) is 10.0 Å². The number of nitrogens with two attached hydrogens (primary N) is 1. The highest BCUT2D eigenvalue weighted by atomic mass is 35.5. The van der Waals surface area contributed by atoms with Gasteiger partial charge in [-0.3, -0.25) is 0 Å². The number of nitrogens with zero attached hydrogens (tertiary/aromatic N) is 1. The molecule has 0 spiro atoms. The number of rotatable bonds is 6. The minimum atomic E-state index is -3.72. The quantitative estimate of drug-likeness (QED) is 0.653. The van der Waals surface area contributed by atoms with Crippen LogP contribution in [0.1, 0.15) is 5.56 Å². The van der Waals surface area contributed by atoms with Gasteiger partial charge in [-0.05, 0) is 17.7 Å². The van der Waals surface area contributed by atoms with Crippen molar-refractivity contribution in [3.05, 3.63) is 28.8 Å². The van der Waals surface area contributed by atoms with Gasteiger partial charge in [0.2, 0.25) is 10.0 Å². The van der Waals surface area contributed by atoms with Crippen molar-refractivity contribution < 1.29 is 13.2 Å². The standard InChI is InChI=1S/C12H19ClN4O3S/c1-17(2)12(18)15-5-6-16-21(19,20)11-4-3-9(8-14)7-10(11)13/h3-4,7,16H,5-6,8,14H2,1-2H3,(H,15,18). The molecular formula is C12H19ClN4O3S. The Hall–Kier alpha value is -1.35. The first-order valence-electron chi connectivity index (χ1n) is 6.21. The molecule has 0 aliphatic heterocycles. The van der Waals surface area contributed by atoms with Gasteiger partial charge in [-0.2, -0.15) is 0 Å². The minimum absolute atomic E-state index is 0.0136. The topological polar surface area (TPSA) is 105 Å². The largest absolute Gasteiger partial charge is 0.337 e. The summed E-state index contributed by atoms with van der Waals surface area (Å²) in [7, 11) is -0.531. The highest BCUT2D eigenvalue weighted by Crippen LogP contribution is 2.22. The van der Waals surface area contributed by atoms with Crippen molar-refractivity contribution in [2.75, 3.05) is 27.2 Å². The van der Waals surface area contributed by atoms with Gasteiger partial charge in [0, 0.05) is 33.7 Å². The predicted molar refractivity (Wildman–Crippen MR) is 81.6 cm³/mol. The first-order valence-corrected chi connectivity index (χ1v) is 8.07. The van der Waals surface area contributed by atoms with Crippen LogP contribution < -0.4 is 15.8 Å². The van der Waals surface area contributed by atoms with Gasteiger partial charge in [0.15, 0.2) is 0 Å². The Labute approximate surface area is 129 Å². The van der Waals surface area contributed by atoms with Gasteiger partial charge in [0.1, 0.15) is 4.90 Å². The molecule has 7 nitrogen and oxygen atoms in total. The number of hydrogen-bond donors (Lipinski definition) is 3. The molecule has 0 atom stereocenters. The Morgan fingerprint density at radius 2 is 2.00 bits per heavy atom. The summed E-state index contributed by atoms with van der Waals surface area (Å²) in [5.41, 5.74) is 6.21. The molecule has 0 aliphatic carbocycles. The fraction of sp³-hybridized carbons (Fsp3) is 0.417. The molecule has 2 amide bonds. The number of urea groups is 1. The molecule has 0 saturated carbocycles. The van der Waals surface area contributed by atoms with E-state index >= 15 is 0 Å². The Morgan fingerprint density at radius 1 is 1.33 bits per heavy atom. The number of amides is 2. The van der Waals surface area contributed by atoms with Gasteiger partial charge in [0.25, 0.3) is 0 Å². The van der Waals surface area contributed by atoms with Crippen molar-refractivity contribution in [1.82, 2.24) is 14.9 Å². The average Bonchev–Trinajstić information content (AvgIpc) is 2.42. The number of carbonyl (C=O) groups is 1. The van der Waals surface area contributed by atoms with Crippen LogP contribution in [0.5, 0.6) is 0 Å². The summed E-state index contributed by atoms with van der Waals surface area (Å²) in [4.78, 5) is 12.6. The Bertz CT molecular complexity index is 605. The van der Waals surface area contributed by atoms with Crippen LogP contribution in [0.25, 0.3) is 0 Å². The van der Waals surface area contributed by atoms with E-state index in [1.807, 2.05) is 0 Å². The Balaban J connectivity index is 2.64. The van der Waals surface area contributed by atoms with E-state index in [0.29, 0.717) is 0 Å². The lowest BCUT2D eigenvalue weighted by Crippen LogP contribution is -2.39. The van der Waals surface area contributed by atoms with E-state index in [9.17, 15) is 13.2 Å². The molecule has 0 bridgehead atoms. The smallest absolute Gasteiger partial charge is 0.316 e. The second kappa shape index (κ2) is 7.60. The van der Waals surface area contributed by atoms with Crippen LogP contribution in [0.4, 0.5) is 4.79 Å². The summed E-state index contributed by atoms with van der Waals surface area (Å²) in [6.07, 6.45) is 0. The molecule has 0 heterocycles. The molecule has 0 saturated heterocycles. The van der Waals surface area contributed by atoms with Crippen LogP contribution in [0, 0.1) is 0 Å². The van der Waals surface area contributed by atoms with Crippen LogP contribution in [0.2, 0.25) is 5.02 Å². The fourth-order valence-corrected chi connectivity index (χ4v) is 3.08. The molecule has 0 aromatic heterocycles. The SMILES string of the molecule is CN(C)C(=O)NCCNS(=O)(=O)c1ccc(CN)cc1Cl. The van der Waals surface area contributed by atoms with Gasteiger partial charge in [-0.25, -0.2) is 17.9 Å². The van der Waals surface area contributed by atoms with Crippen LogP contribution in [-0.2, 0) is 16.6 Å². The van der Waals surface area contributed by atoms with Crippen molar-refractivity contribution in [2.45, 2.75) is 11.4 Å². The van der Waals surface area contributed by atoms with E-state index in [1.54, 1.807) is 20.2 Å². The van der Waals surface area contributed by atoms with Crippen molar-refractivity contribution in [1.29, 1.82) is 0 Å². The molecule has 4 N–H and O–H groups in total. The molecule has 1 aromatic rings. The lowest BCUT2D eigenvalue weighted by molar-refractivity contribution is 0.217. The zero-order valence-electron chi connectivity index (χ0n) is 11.9. The molecule has 118 valence electrons. The summed E-state index contributed by atoms with van der Waals surface area (Å²) in [6, 6.07) is 4.24. The highest BCUT2D eigenvalue weighted by molar-refractivity contribution is 7.89. The molecule has 0 radical (unpaired) electrons. The molecule has 1 rings (SSSR count). The van der Waals surface area contributed by atoms with Crippen LogP contribution in [0.3, 0.4) is 0 Å². The van der Waals surface area contributed by atoms with Gasteiger partial charge < -0.3 is 16.0 Å². The molecule has 1 aromatic carbocycles. The van der Waals surface area contributed by atoms with Crippen molar-refractivity contribution in [3.8, 4) is 0 Å². The number of nitrogens with one attached hydrogen (secondary N) is 2. The monoisotopic (exact) mass is 334 g/mol. The second-order valence-electron chi connectivity index (χ2n) is 4.49. The summed E-state index contributed by atoms with van der Waals surface area (Å²) in [5.74, 6) is 0. The van der Waals surface area contributed by atoms with Gasteiger partial charge in [-0.15, -0.1) is 0 Å². The fourth-order valence-electron chi connectivity index (χ4n) is 1.48. The minimum Gasteiger partial charge on any atom is -0.337 e. The predicted octanol–water partition coefficient (Wildman–Crippen LogP) is 0.348. The lowest BCUT2D eigenvalue weighted by Gasteiger charge is -2.13. The maximum Gasteiger partial charge on any atom is 0.316 e. The maximum absolute atomic E-state index is 12.1. The molecule has 9 heteroatoms. The third kappa shape index (κ3) is 5.16. The van der Waals surface area contributed by atoms with Crippen molar-refractivity contribution in [2.24, 2.45) is 5.73 Å². The summed E-state index contributed by atoms with van der Waals surface area (Å²) in [6.45, 7) is 0.523. The maximum atomic E-state index is 12.1. The number of halogens is 1. The van der Waals surface area contributed by atoms with Crippen LogP contribution in [0.15, 0.2) is 23.1 Å². The lowest BCUT2D eigenvalue weighted by atomic mass is 10.2. The van der Waals surface area contributed by atoms with E-state index in [4.69, 9.17) is 17.3 Å². The third-order valence-electron chi connectivity index (χ3n) is 2.62. The number of sulfonamides is 1. The molecule has 21 heavy (non-hydrogen) atoms. The molecule has 0 fully saturated rings. The molecule has 0 unspecified atom stereocenters. The van der Waals surface area contributed by atoms with E-state index in [0.717, 1.165) is 5.56 Å². The van der Waals surface area contributed by atoms with Crippen LogP contribution >= 0.6 is 11.6 Å². The van der Waals surface area contributed by atoms with E-state index in [1.165, 1.54) is 17.0 Å². The summed E-state index contributed by atoms with van der Waals surface area (Å²) in [5, 5.41) is 2.66. The zero-order chi connectivity index (χ0) is 16.0. The Kier molecular flexibility index (Phi) is 6.41. The van der Waals surface area contributed by atoms with E-state index in [-0.39, 0.29) is 35.6 Å². The summed E-state index contributed by atoms with van der Waals surface area (Å²) < 4.78 is 26.5. The first-order chi connectivity index (χ1) is 9.77. The Morgan fingerprint density at radius 3 is 2.52 bits per heavy atom. The van der Waals surface area contributed by atoms with E-state index < -0.39 is 10.0 Å². The number of benzene rings is 1. The third-order valence-corrected chi connectivity index (χ3v) is 4.56. The van der Waals surface area contributed by atoms with Gasteiger partial charge in [0.05, 0.1) is 5.02 Å². The van der Waals surface area contributed by atoms with Crippen LogP contribution in [-0.4, -0.2) is 46.5 Å². The average molecular weight is 335 g/mol. The summed E-state index contributed by atoms with van der Waals surface area (Å²) >= 11 is 5.95. The van der Waals surface area contributed by atoms with Gasteiger partial charge in [-0.1, -0.05) is 17.7 Å². The highest BCUT2D eigenvalue weighted by Gasteiger charge is 2.17. The zero-order valence-corrected chi connectivity index (χ0v) is 13.5. The molecule has 0 aliphatic rings. The van der Waals surface area contributed by atoms with Crippen molar-refractivity contribution >= 4 is 27.7 Å². The molecular weight excluding hydrogens is 316 g/mol. The number of carbonyl (C=O) groups excluding carboxylic acids is 1.